The molecular formula is C14H20N2O4. The number of hydrogen-bond donors (Lipinski definition) is 1. The van der Waals surface area contributed by atoms with E-state index in [2.05, 4.69) is 0 Å². The highest BCUT2D eigenvalue weighted by Crippen LogP contribution is 2.13. The Bertz CT molecular complexity index is 443. The fourth-order valence-electron chi connectivity index (χ4n) is 1.36. The molecule has 1 amide bonds. The molecule has 110 valence electrons. The number of nitrogen functional groups attached to an aromatic ring is 1. The Morgan fingerprint density at radius 2 is 1.75 bits per heavy atom. The van der Waals surface area contributed by atoms with E-state index in [0.717, 1.165) is 0 Å². The minimum Gasteiger partial charge on any atom is -0.493 e. The van der Waals surface area contributed by atoms with E-state index in [4.69, 9.17) is 15.2 Å². The first kappa shape index (κ1) is 15.8. The molecule has 0 saturated heterocycles. The molecule has 1 rings (SSSR count). The average Bonchev–Trinajstić information content (AvgIpc) is 2.40. The molecule has 0 saturated carbocycles. The van der Waals surface area contributed by atoms with Crippen LogP contribution in [0.2, 0.25) is 0 Å². The van der Waals surface area contributed by atoms with Crippen LogP contribution >= 0.6 is 0 Å². The summed E-state index contributed by atoms with van der Waals surface area (Å²) in [7, 11) is 3.31. The van der Waals surface area contributed by atoms with Gasteiger partial charge in [-0.05, 0) is 24.3 Å². The number of rotatable bonds is 7. The topological polar surface area (TPSA) is 81.9 Å². The van der Waals surface area contributed by atoms with E-state index in [9.17, 15) is 9.59 Å². The maximum Gasteiger partial charge on any atom is 0.309 e. The van der Waals surface area contributed by atoms with Crippen molar-refractivity contribution in [1.82, 2.24) is 4.90 Å². The van der Waals surface area contributed by atoms with Crippen LogP contribution in [-0.4, -0.2) is 44.1 Å². The van der Waals surface area contributed by atoms with Gasteiger partial charge < -0.3 is 20.1 Å². The van der Waals surface area contributed by atoms with Crippen molar-refractivity contribution in [3.8, 4) is 5.75 Å². The highest BCUT2D eigenvalue weighted by atomic mass is 16.5. The molecule has 6 heteroatoms. The Labute approximate surface area is 118 Å². The van der Waals surface area contributed by atoms with Crippen molar-refractivity contribution < 1.29 is 19.1 Å². The van der Waals surface area contributed by atoms with Gasteiger partial charge in [-0.3, -0.25) is 9.59 Å². The first-order valence-corrected chi connectivity index (χ1v) is 6.33. The molecule has 0 bridgehead atoms. The van der Waals surface area contributed by atoms with Gasteiger partial charge in [0.25, 0.3) is 0 Å². The molecule has 0 radical (unpaired) electrons. The van der Waals surface area contributed by atoms with Crippen LogP contribution in [-0.2, 0) is 14.3 Å². The SMILES string of the molecule is CN(C)C(=O)CCOC(=O)CCOc1ccc(N)cc1. The molecule has 0 fully saturated rings. The average molecular weight is 280 g/mol. The highest BCUT2D eigenvalue weighted by Gasteiger charge is 2.07. The van der Waals surface area contributed by atoms with E-state index in [0.29, 0.717) is 11.4 Å². The lowest BCUT2D eigenvalue weighted by molar-refractivity contribution is -0.145. The summed E-state index contributed by atoms with van der Waals surface area (Å²) in [6, 6.07) is 6.91. The third-order valence-electron chi connectivity index (χ3n) is 2.53. The Kier molecular flexibility index (Phi) is 6.36. The molecule has 6 nitrogen and oxygen atoms in total. The molecule has 1 aromatic carbocycles. The first-order valence-electron chi connectivity index (χ1n) is 6.33. The largest absolute Gasteiger partial charge is 0.493 e. The predicted molar refractivity (Wildman–Crippen MR) is 75.2 cm³/mol. The first-order chi connectivity index (χ1) is 9.49. The molecule has 0 spiro atoms. The quantitative estimate of drug-likeness (QED) is 0.596. The highest BCUT2D eigenvalue weighted by molar-refractivity contribution is 5.76. The van der Waals surface area contributed by atoms with Gasteiger partial charge in [-0.1, -0.05) is 0 Å². The summed E-state index contributed by atoms with van der Waals surface area (Å²) in [6.07, 6.45) is 0.331. The van der Waals surface area contributed by atoms with Crippen molar-refractivity contribution in [1.29, 1.82) is 0 Å². The molecular weight excluding hydrogens is 260 g/mol. The lowest BCUT2D eigenvalue weighted by Crippen LogP contribution is -2.23. The van der Waals surface area contributed by atoms with Gasteiger partial charge in [-0.15, -0.1) is 0 Å². The smallest absolute Gasteiger partial charge is 0.309 e. The van der Waals surface area contributed by atoms with Gasteiger partial charge in [0, 0.05) is 19.8 Å². The number of ether oxygens (including phenoxy) is 2. The Hall–Kier alpha value is -2.24. The van der Waals surface area contributed by atoms with Gasteiger partial charge in [0.15, 0.2) is 0 Å². The number of carbonyl (C=O) groups is 2. The number of esters is 1. The zero-order valence-corrected chi connectivity index (χ0v) is 11.8. The van der Waals surface area contributed by atoms with E-state index >= 15 is 0 Å². The van der Waals surface area contributed by atoms with Crippen LogP contribution in [0.1, 0.15) is 12.8 Å². The van der Waals surface area contributed by atoms with E-state index in [1.54, 1.807) is 38.4 Å². The fraction of sp³-hybridized carbons (Fsp3) is 0.429. The summed E-state index contributed by atoms with van der Waals surface area (Å²) in [5, 5.41) is 0. The monoisotopic (exact) mass is 280 g/mol. The van der Waals surface area contributed by atoms with E-state index < -0.39 is 0 Å². The molecule has 0 aliphatic heterocycles. The lowest BCUT2D eigenvalue weighted by atomic mass is 10.3. The van der Waals surface area contributed by atoms with Crippen molar-refractivity contribution in [3.63, 3.8) is 0 Å². The number of nitrogens with two attached hydrogens (primary N) is 1. The maximum atomic E-state index is 11.4. The van der Waals surface area contributed by atoms with Crippen LogP contribution in [0.25, 0.3) is 0 Å². The Balaban J connectivity index is 2.14. The second-order valence-electron chi connectivity index (χ2n) is 4.43. The zero-order chi connectivity index (χ0) is 15.0. The Morgan fingerprint density at radius 1 is 1.10 bits per heavy atom. The summed E-state index contributed by atoms with van der Waals surface area (Å²) in [5.74, 6) is 0.192. The van der Waals surface area contributed by atoms with Crippen LogP contribution in [0.3, 0.4) is 0 Å². The Morgan fingerprint density at radius 3 is 2.35 bits per heavy atom. The molecule has 0 heterocycles. The summed E-state index contributed by atoms with van der Waals surface area (Å²) in [6.45, 7) is 0.322. The minimum atomic E-state index is -0.382. The third-order valence-corrected chi connectivity index (χ3v) is 2.53. The molecule has 0 aliphatic rings. The predicted octanol–water partition coefficient (Wildman–Crippen LogP) is 1.06. The van der Waals surface area contributed by atoms with Gasteiger partial charge in [-0.25, -0.2) is 0 Å². The number of nitrogens with zero attached hydrogens (tertiary/aromatic N) is 1. The van der Waals surface area contributed by atoms with Gasteiger partial charge in [0.05, 0.1) is 19.4 Å². The number of carbonyl (C=O) groups excluding carboxylic acids is 2. The van der Waals surface area contributed by atoms with Crippen LogP contribution in [0, 0.1) is 0 Å². The van der Waals surface area contributed by atoms with E-state index in [-0.39, 0.29) is 37.9 Å². The van der Waals surface area contributed by atoms with E-state index in [1.807, 2.05) is 0 Å². The third kappa shape index (κ3) is 6.08. The van der Waals surface area contributed by atoms with Gasteiger partial charge in [0.1, 0.15) is 12.4 Å². The number of hydrogen-bond acceptors (Lipinski definition) is 5. The van der Waals surface area contributed by atoms with E-state index in [1.165, 1.54) is 4.90 Å². The maximum absolute atomic E-state index is 11.4. The summed E-state index contributed by atoms with van der Waals surface area (Å²) < 4.78 is 10.3. The van der Waals surface area contributed by atoms with Crippen LogP contribution < -0.4 is 10.5 Å². The van der Waals surface area contributed by atoms with Gasteiger partial charge in [0.2, 0.25) is 5.91 Å². The fourth-order valence-corrected chi connectivity index (χ4v) is 1.36. The lowest BCUT2D eigenvalue weighted by Gasteiger charge is -2.10. The van der Waals surface area contributed by atoms with Crippen LogP contribution in [0.5, 0.6) is 5.75 Å². The molecule has 0 aliphatic carbocycles. The molecule has 20 heavy (non-hydrogen) atoms. The number of anilines is 1. The van der Waals surface area contributed by atoms with Gasteiger partial charge >= 0.3 is 5.97 Å². The normalized spacial score (nSPS) is 9.90. The molecule has 0 aromatic heterocycles. The molecule has 0 atom stereocenters. The van der Waals surface area contributed by atoms with Crippen LogP contribution in [0.15, 0.2) is 24.3 Å². The van der Waals surface area contributed by atoms with Crippen molar-refractivity contribution in [3.05, 3.63) is 24.3 Å². The molecule has 2 N–H and O–H groups in total. The number of benzene rings is 1. The standard InChI is InChI=1S/C14H20N2O4/c1-16(2)13(17)7-9-20-14(18)8-10-19-12-5-3-11(15)4-6-12/h3-6H,7-10,15H2,1-2H3. The second-order valence-corrected chi connectivity index (χ2v) is 4.43. The number of amides is 1. The molecule has 0 unspecified atom stereocenters. The summed E-state index contributed by atoms with van der Waals surface area (Å²) in [4.78, 5) is 24.1. The zero-order valence-electron chi connectivity index (χ0n) is 11.8. The van der Waals surface area contributed by atoms with Crippen molar-refractivity contribution in [2.24, 2.45) is 0 Å². The van der Waals surface area contributed by atoms with Crippen molar-refractivity contribution >= 4 is 17.6 Å². The van der Waals surface area contributed by atoms with Crippen LogP contribution in [0.4, 0.5) is 5.69 Å². The van der Waals surface area contributed by atoms with Crippen molar-refractivity contribution in [2.45, 2.75) is 12.8 Å². The molecule has 1 aromatic rings. The van der Waals surface area contributed by atoms with Crippen molar-refractivity contribution in [2.75, 3.05) is 33.0 Å². The van der Waals surface area contributed by atoms with Gasteiger partial charge in [-0.2, -0.15) is 0 Å². The summed E-state index contributed by atoms with van der Waals surface area (Å²) >= 11 is 0. The minimum absolute atomic E-state index is 0.0732. The summed E-state index contributed by atoms with van der Waals surface area (Å²) in [5.41, 5.74) is 6.20. The second kappa shape index (κ2) is 8.04.